The molecule has 1 rings (SSSR count). The molecule has 1 aromatic rings. The number of aliphatic carboxylic acids is 2. The van der Waals surface area contributed by atoms with E-state index >= 15 is 0 Å². The number of nitrogens with one attached hydrogen (secondary N) is 2. The number of likely N-dealkylation sites (N-methyl/N-ethyl adjacent to an activating group) is 1. The number of hydrogen-bond donors (Lipinski definition) is 4. The Labute approximate surface area is 172 Å². The number of hydrogen-bond acceptors (Lipinski definition) is 5. The van der Waals surface area contributed by atoms with Gasteiger partial charge >= 0.3 is 18.0 Å². The molecule has 156 valence electrons. The zero-order valence-electron chi connectivity index (χ0n) is 15.4. The number of nitrogens with zero attached hydrogens (tertiary/aromatic N) is 1. The Kier molecular flexibility index (Phi) is 13.3. The highest BCUT2D eigenvalue weighted by atomic mass is 35.5. The minimum atomic E-state index is -1.26. The van der Waals surface area contributed by atoms with Crippen molar-refractivity contribution in [2.45, 2.75) is 0 Å². The average Bonchev–Trinajstić information content (AvgIpc) is 2.56. The van der Waals surface area contributed by atoms with Gasteiger partial charge in [0.25, 0.3) is 0 Å². The largest absolute Gasteiger partial charge is 0.492 e. The molecular weight excluding hydrogens is 413 g/mol. The molecule has 0 fully saturated rings. The lowest BCUT2D eigenvalue weighted by Gasteiger charge is -2.12. The number of amides is 2. The third kappa shape index (κ3) is 15.7. The molecule has 0 aliphatic rings. The van der Waals surface area contributed by atoms with Crippen LogP contribution in [0.1, 0.15) is 0 Å². The lowest BCUT2D eigenvalue weighted by molar-refractivity contribution is -0.134. The molecule has 0 unspecified atom stereocenters. The number of halogens is 2. The van der Waals surface area contributed by atoms with Crippen LogP contribution < -0.4 is 15.4 Å². The number of carboxylic acid groups (broad SMARTS) is 2. The van der Waals surface area contributed by atoms with Gasteiger partial charge < -0.3 is 30.5 Å². The molecule has 0 spiro atoms. The van der Waals surface area contributed by atoms with Crippen LogP contribution in [0.2, 0.25) is 10.0 Å². The smallest absolute Gasteiger partial charge is 0.328 e. The van der Waals surface area contributed by atoms with Crippen LogP contribution in [-0.2, 0) is 9.59 Å². The van der Waals surface area contributed by atoms with Gasteiger partial charge in [-0.3, -0.25) is 0 Å². The minimum absolute atomic E-state index is 0.209. The maximum atomic E-state index is 11.4. The molecule has 0 bridgehead atoms. The summed E-state index contributed by atoms with van der Waals surface area (Å²) in [6, 6.07) is 4.77. The zero-order chi connectivity index (χ0) is 21.5. The van der Waals surface area contributed by atoms with Gasteiger partial charge in [0.05, 0.1) is 6.54 Å². The first kappa shape index (κ1) is 25.5. The van der Waals surface area contributed by atoms with Crippen molar-refractivity contribution < 1.29 is 29.3 Å². The first-order valence-electron chi connectivity index (χ1n) is 7.99. The predicted molar refractivity (Wildman–Crippen MR) is 106 cm³/mol. The number of urea groups is 1. The van der Waals surface area contributed by atoms with E-state index in [4.69, 9.17) is 38.2 Å². The molecule has 0 aromatic heterocycles. The topological polar surface area (TPSA) is 128 Å². The summed E-state index contributed by atoms with van der Waals surface area (Å²) in [7, 11) is 3.90. The van der Waals surface area contributed by atoms with Crippen molar-refractivity contribution in [3.63, 3.8) is 0 Å². The van der Waals surface area contributed by atoms with E-state index in [9.17, 15) is 14.4 Å². The Morgan fingerprint density at radius 1 is 1.00 bits per heavy atom. The maximum absolute atomic E-state index is 11.4. The van der Waals surface area contributed by atoms with Crippen LogP contribution in [0.4, 0.5) is 4.79 Å². The Hall–Kier alpha value is -2.49. The summed E-state index contributed by atoms with van der Waals surface area (Å²) in [5.41, 5.74) is 0. The quantitative estimate of drug-likeness (QED) is 0.344. The number of rotatable bonds is 9. The molecule has 0 aliphatic carbocycles. The molecule has 0 saturated heterocycles. The van der Waals surface area contributed by atoms with Crippen molar-refractivity contribution in [1.82, 2.24) is 15.5 Å². The molecule has 1 aromatic carbocycles. The van der Waals surface area contributed by atoms with E-state index in [2.05, 4.69) is 10.6 Å². The first-order valence-corrected chi connectivity index (χ1v) is 8.75. The fourth-order valence-electron chi connectivity index (χ4n) is 1.54. The predicted octanol–water partition coefficient (Wildman–Crippen LogP) is 1.94. The molecule has 0 heterocycles. The van der Waals surface area contributed by atoms with E-state index in [1.165, 1.54) is 0 Å². The van der Waals surface area contributed by atoms with Gasteiger partial charge in [0.2, 0.25) is 0 Å². The second kappa shape index (κ2) is 14.6. The van der Waals surface area contributed by atoms with Gasteiger partial charge in [-0.2, -0.15) is 0 Å². The van der Waals surface area contributed by atoms with Crippen LogP contribution in [0.15, 0.2) is 30.4 Å². The summed E-state index contributed by atoms with van der Waals surface area (Å²) in [5, 5.41) is 22.1. The van der Waals surface area contributed by atoms with Gasteiger partial charge in [-0.15, -0.1) is 0 Å². The molecule has 4 N–H and O–H groups in total. The fourth-order valence-corrected chi connectivity index (χ4v) is 2.05. The second-order valence-electron chi connectivity index (χ2n) is 5.45. The van der Waals surface area contributed by atoms with Gasteiger partial charge in [0.1, 0.15) is 12.4 Å². The Morgan fingerprint density at radius 2 is 1.50 bits per heavy atom. The number of carbonyl (C=O) groups excluding carboxylic acids is 1. The lowest BCUT2D eigenvalue weighted by atomic mass is 10.3. The van der Waals surface area contributed by atoms with Gasteiger partial charge in [-0.05, 0) is 32.3 Å². The summed E-state index contributed by atoms with van der Waals surface area (Å²) < 4.78 is 5.44. The molecular formula is C17H23Cl2N3O6. The van der Waals surface area contributed by atoms with Crippen molar-refractivity contribution >= 4 is 41.2 Å². The number of benzene rings is 1. The minimum Gasteiger partial charge on any atom is -0.492 e. The monoisotopic (exact) mass is 435 g/mol. The number of carbonyl (C=O) groups is 3. The van der Waals surface area contributed by atoms with Crippen molar-refractivity contribution in [2.75, 3.05) is 40.3 Å². The third-order valence-corrected chi connectivity index (χ3v) is 3.14. The van der Waals surface area contributed by atoms with Gasteiger partial charge in [-0.1, -0.05) is 23.2 Å². The average molecular weight is 436 g/mol. The first-order chi connectivity index (χ1) is 13.1. The Bertz CT molecular complexity index is 647. The molecule has 2 amide bonds. The standard InChI is InChI=1S/C13H19Cl2N3O2.C4H4O4/c1-18(2)5-3-16-13(19)17-4-6-20-12-8-10(14)7-11(15)9-12;5-3(6)1-2-4(7)8/h7-9H,3-6H2,1-2H3,(H2,16,17,19);1-2H,(H,5,6)(H,7,8). The molecule has 0 radical (unpaired) electrons. The van der Waals surface area contributed by atoms with Crippen LogP contribution in [0.5, 0.6) is 5.75 Å². The summed E-state index contributed by atoms with van der Waals surface area (Å²) >= 11 is 11.7. The molecule has 11 heteroatoms. The highest BCUT2D eigenvalue weighted by molar-refractivity contribution is 6.34. The summed E-state index contributed by atoms with van der Waals surface area (Å²) in [6.45, 7) is 2.14. The van der Waals surface area contributed by atoms with Gasteiger partial charge in [0.15, 0.2) is 0 Å². The summed E-state index contributed by atoms with van der Waals surface area (Å²) in [4.78, 5) is 32.5. The van der Waals surface area contributed by atoms with E-state index in [-0.39, 0.29) is 6.03 Å². The molecule has 9 nitrogen and oxygen atoms in total. The van der Waals surface area contributed by atoms with Crippen LogP contribution in [0, 0.1) is 0 Å². The lowest BCUT2D eigenvalue weighted by Crippen LogP contribution is -2.40. The molecule has 28 heavy (non-hydrogen) atoms. The van der Waals surface area contributed by atoms with E-state index in [0.29, 0.717) is 47.6 Å². The van der Waals surface area contributed by atoms with Crippen molar-refractivity contribution in [3.05, 3.63) is 40.4 Å². The van der Waals surface area contributed by atoms with Crippen LogP contribution >= 0.6 is 23.2 Å². The van der Waals surface area contributed by atoms with Crippen LogP contribution in [-0.4, -0.2) is 73.4 Å². The zero-order valence-corrected chi connectivity index (χ0v) is 17.0. The molecule has 0 aliphatic heterocycles. The number of ether oxygens (including phenoxy) is 1. The normalized spacial score (nSPS) is 10.2. The van der Waals surface area contributed by atoms with Crippen molar-refractivity contribution in [1.29, 1.82) is 0 Å². The van der Waals surface area contributed by atoms with Crippen LogP contribution in [0.3, 0.4) is 0 Å². The SMILES string of the molecule is CN(C)CCNC(=O)NCCOc1cc(Cl)cc(Cl)c1.O=C(O)C=CC(=O)O. The Balaban J connectivity index is 0.000000769. The van der Waals surface area contributed by atoms with Gasteiger partial charge in [-0.25, -0.2) is 14.4 Å². The summed E-state index contributed by atoms with van der Waals surface area (Å²) in [6.07, 6.45) is 1.12. The van der Waals surface area contributed by atoms with E-state index in [0.717, 1.165) is 6.54 Å². The molecule has 0 saturated carbocycles. The Morgan fingerprint density at radius 3 is 1.96 bits per heavy atom. The van der Waals surface area contributed by atoms with Crippen LogP contribution in [0.25, 0.3) is 0 Å². The third-order valence-electron chi connectivity index (χ3n) is 2.71. The highest BCUT2D eigenvalue weighted by Gasteiger charge is 2.01. The highest BCUT2D eigenvalue weighted by Crippen LogP contribution is 2.23. The van der Waals surface area contributed by atoms with Crippen molar-refractivity contribution in [2.24, 2.45) is 0 Å². The van der Waals surface area contributed by atoms with E-state index in [1.54, 1.807) is 18.2 Å². The van der Waals surface area contributed by atoms with E-state index in [1.807, 2.05) is 19.0 Å². The number of carboxylic acids is 2. The maximum Gasteiger partial charge on any atom is 0.328 e. The molecule has 0 atom stereocenters. The fraction of sp³-hybridized carbons (Fsp3) is 0.353. The summed E-state index contributed by atoms with van der Waals surface area (Å²) in [5.74, 6) is -1.93. The van der Waals surface area contributed by atoms with Gasteiger partial charge in [0, 0.05) is 35.3 Å². The van der Waals surface area contributed by atoms with E-state index < -0.39 is 11.9 Å². The second-order valence-corrected chi connectivity index (χ2v) is 6.32. The van der Waals surface area contributed by atoms with Crippen molar-refractivity contribution in [3.8, 4) is 5.75 Å².